The van der Waals surface area contributed by atoms with Crippen molar-refractivity contribution in [1.82, 2.24) is 0 Å². The maximum atomic E-state index is 11.9. The van der Waals surface area contributed by atoms with E-state index < -0.39 is 36.1 Å². The second-order valence-corrected chi connectivity index (χ2v) is 4.92. The summed E-state index contributed by atoms with van der Waals surface area (Å²) >= 11 is -3.56. The Bertz CT molecular complexity index is 486. The molecule has 0 aromatic rings. The molecule has 0 aromatic heterocycles. The van der Waals surface area contributed by atoms with E-state index in [1.165, 1.54) is 0 Å². The molecule has 1 unspecified atom stereocenters. The molecule has 12 heteroatoms. The van der Waals surface area contributed by atoms with Gasteiger partial charge in [0.05, 0.1) is 3.39 Å². The Kier molecular flexibility index (Phi) is 4.37. The molecule has 0 saturated heterocycles. The summed E-state index contributed by atoms with van der Waals surface area (Å²) in [5, 5.41) is 0. The van der Waals surface area contributed by atoms with Crippen LogP contribution in [0.5, 0.6) is 0 Å². The van der Waals surface area contributed by atoms with Crippen molar-refractivity contribution < 1.29 is 38.5 Å². The van der Waals surface area contributed by atoms with Crippen LogP contribution in [0.4, 0.5) is 13.2 Å². The van der Waals surface area contributed by atoms with E-state index in [4.69, 9.17) is 4.55 Å². The van der Waals surface area contributed by atoms with Gasteiger partial charge in [0.15, 0.2) is 0 Å². The van der Waals surface area contributed by atoms with Crippen LogP contribution >= 0.6 is 0 Å². The molecule has 92 valence electrons. The van der Waals surface area contributed by atoms with Gasteiger partial charge in [-0.1, -0.05) is 0 Å². The van der Waals surface area contributed by atoms with Gasteiger partial charge in [-0.25, -0.2) is 0 Å². The highest BCUT2D eigenvalue weighted by Crippen LogP contribution is 2.24. The Morgan fingerprint density at radius 3 is 2.19 bits per heavy atom. The largest absolute Gasteiger partial charge is 0.562 e. The van der Waals surface area contributed by atoms with E-state index >= 15 is 0 Å². The Labute approximate surface area is 89.5 Å². The average molecular weight is 281 g/mol. The fourth-order valence-corrected chi connectivity index (χ4v) is 1.86. The van der Waals surface area contributed by atoms with E-state index in [2.05, 4.69) is 5.73 Å². The predicted octanol–water partition coefficient (Wildman–Crippen LogP) is -1.30. The number of carbonyl (C=O) groups excluding carboxylic acids is 1. The fraction of sp³-hybridized carbons (Fsp3) is 0.250. The molecule has 0 aromatic carbocycles. The number of primary amides is 1. The zero-order valence-electron chi connectivity index (χ0n) is 7.13. The topological polar surface area (TPSA) is 118 Å². The minimum Gasteiger partial charge on any atom is -0.365 e. The van der Waals surface area contributed by atoms with Crippen LogP contribution < -0.4 is 5.73 Å². The number of amides is 1. The molecule has 16 heavy (non-hydrogen) atoms. The molecular weight excluding hydrogens is 277 g/mol. The van der Waals surface area contributed by atoms with Crippen molar-refractivity contribution in [3.05, 3.63) is 6.08 Å². The van der Waals surface area contributed by atoms with Crippen LogP contribution in [0, 0.1) is 0 Å². The summed E-state index contributed by atoms with van der Waals surface area (Å²) in [6.07, 6.45) is 0.0669. The number of halogens is 3. The van der Waals surface area contributed by atoms with Crippen molar-refractivity contribution in [2.45, 2.75) is 5.51 Å². The van der Waals surface area contributed by atoms with Crippen LogP contribution in [0.3, 0.4) is 0 Å². The molecule has 0 spiro atoms. The van der Waals surface area contributed by atoms with Crippen molar-refractivity contribution in [2.75, 3.05) is 0 Å². The Morgan fingerprint density at radius 1 is 1.50 bits per heavy atom. The summed E-state index contributed by atoms with van der Waals surface area (Å²) in [5.74, 6) is -0.199. The van der Waals surface area contributed by atoms with Crippen molar-refractivity contribution in [2.24, 2.45) is 5.73 Å². The molecule has 0 aliphatic rings. The van der Waals surface area contributed by atoms with Crippen LogP contribution in [0.1, 0.15) is 0 Å². The molecular formula is C4H4F3N2O5S2+. The fourth-order valence-electron chi connectivity index (χ4n) is 0.409. The molecule has 1 amide bonds. The molecule has 0 heterocycles. The minimum absolute atomic E-state index is 0.0669. The van der Waals surface area contributed by atoms with E-state index in [-0.39, 0.29) is 6.08 Å². The first-order chi connectivity index (χ1) is 7.00. The molecule has 0 rings (SSSR count). The average Bonchev–Trinajstić information content (AvgIpc) is 1.99. The summed E-state index contributed by atoms with van der Waals surface area (Å²) in [4.78, 5) is 10.1. The van der Waals surface area contributed by atoms with Gasteiger partial charge < -0.3 is 5.73 Å². The smallest absolute Gasteiger partial charge is 0.365 e. The van der Waals surface area contributed by atoms with Crippen LogP contribution in [-0.4, -0.2) is 37.9 Å². The molecule has 7 nitrogen and oxygen atoms in total. The summed E-state index contributed by atoms with van der Waals surface area (Å²) in [6, 6.07) is 0. The van der Waals surface area contributed by atoms with Crippen LogP contribution in [0.2, 0.25) is 0 Å². The monoisotopic (exact) mass is 281 g/mol. The molecule has 0 bridgehead atoms. The minimum atomic E-state index is -6.10. The number of hydrogen-bond donors (Lipinski definition) is 2. The first kappa shape index (κ1) is 14.8. The van der Waals surface area contributed by atoms with Crippen molar-refractivity contribution in [3.63, 3.8) is 0 Å². The number of nitrogens with zero attached hydrogens (tertiary/aromatic N) is 1. The number of alkyl halides is 3. The second kappa shape index (κ2) is 4.74. The molecule has 3 N–H and O–H groups in total. The van der Waals surface area contributed by atoms with Gasteiger partial charge in [-0.15, -0.1) is 0 Å². The van der Waals surface area contributed by atoms with Crippen molar-refractivity contribution >= 4 is 33.1 Å². The summed E-state index contributed by atoms with van der Waals surface area (Å²) in [6.45, 7) is 0. The quantitative estimate of drug-likeness (QED) is 0.288. The van der Waals surface area contributed by atoms with Crippen LogP contribution in [0.15, 0.2) is 6.08 Å². The van der Waals surface area contributed by atoms with Gasteiger partial charge in [-0.05, 0) is 0 Å². The first-order valence-corrected chi connectivity index (χ1v) is 5.62. The normalized spacial score (nSPS) is 13.8. The summed E-state index contributed by atoms with van der Waals surface area (Å²) in [7, 11) is -6.10. The summed E-state index contributed by atoms with van der Waals surface area (Å²) < 4.78 is 74.6. The molecule has 0 radical (unpaired) electrons. The lowest BCUT2D eigenvalue weighted by Gasteiger charge is -1.99. The molecule has 0 fully saturated rings. The zero-order chi connectivity index (χ0) is 13.1. The molecule has 0 aliphatic carbocycles. The Morgan fingerprint density at radius 2 is 1.94 bits per heavy atom. The lowest BCUT2D eigenvalue weighted by Crippen LogP contribution is -2.35. The van der Waals surface area contributed by atoms with E-state index in [1.807, 2.05) is 0 Å². The number of carbonyl (C=O) groups is 1. The number of hydrogen-bond acceptors (Lipinski definition) is 4. The highest BCUT2D eigenvalue weighted by molar-refractivity contribution is 7.93. The van der Waals surface area contributed by atoms with Crippen molar-refractivity contribution in [1.29, 1.82) is 0 Å². The van der Waals surface area contributed by atoms with Gasteiger partial charge in [0.2, 0.25) is 5.87 Å². The standard InChI is InChI=1S/C4H3F3N2O5S2/c5-4(6,7)16(13,14)9(15(11)12)2-1-3(8)10/h1H,(H2-,8,10,11,12)/p+1. The van der Waals surface area contributed by atoms with E-state index in [1.54, 1.807) is 0 Å². The number of sulfonamides is 1. The number of nitrogens with two attached hydrogens (primary N) is 1. The highest BCUT2D eigenvalue weighted by Gasteiger charge is 2.58. The van der Waals surface area contributed by atoms with Gasteiger partial charge in [-0.2, -0.15) is 25.8 Å². The molecule has 1 atom stereocenters. The third-order valence-corrected chi connectivity index (χ3v) is 3.45. The molecule has 0 aliphatic heterocycles. The van der Waals surface area contributed by atoms with E-state index in [0.29, 0.717) is 0 Å². The third kappa shape index (κ3) is 3.41. The van der Waals surface area contributed by atoms with Gasteiger partial charge in [0.1, 0.15) is 6.08 Å². The van der Waals surface area contributed by atoms with Gasteiger partial charge in [-0.3, -0.25) is 9.35 Å². The van der Waals surface area contributed by atoms with Crippen molar-refractivity contribution in [3.8, 4) is 0 Å². The maximum Gasteiger partial charge on any atom is 0.562 e. The maximum absolute atomic E-state index is 11.9. The van der Waals surface area contributed by atoms with Crippen LogP contribution in [0.25, 0.3) is 0 Å². The summed E-state index contributed by atoms with van der Waals surface area (Å²) in [5.41, 5.74) is -1.35. The van der Waals surface area contributed by atoms with E-state index in [9.17, 15) is 30.6 Å². The van der Waals surface area contributed by atoms with Gasteiger partial charge >= 0.3 is 26.8 Å². The van der Waals surface area contributed by atoms with Crippen LogP contribution in [-0.2, 0) is 26.1 Å². The lowest BCUT2D eigenvalue weighted by molar-refractivity contribution is -0.202. The zero-order valence-corrected chi connectivity index (χ0v) is 8.77. The van der Waals surface area contributed by atoms with Gasteiger partial charge in [0, 0.05) is 0 Å². The number of rotatable bonds is 3. The SMILES string of the molecule is NC(=O)C=C=[N+](S(=O)O)S(=O)(=O)C(F)(F)F. The Hall–Kier alpha value is -1.23. The second-order valence-electron chi connectivity index (χ2n) is 2.08. The third-order valence-electron chi connectivity index (χ3n) is 0.965. The Balaban J connectivity index is 5.90. The molecule has 0 saturated carbocycles. The van der Waals surface area contributed by atoms with Gasteiger partial charge in [0.25, 0.3) is 5.91 Å². The van der Waals surface area contributed by atoms with E-state index in [0.717, 1.165) is 5.87 Å². The predicted molar refractivity (Wildman–Crippen MR) is 44.8 cm³/mol. The lowest BCUT2D eigenvalue weighted by atomic mass is 10.6. The highest BCUT2D eigenvalue weighted by atomic mass is 32.3. The first-order valence-electron chi connectivity index (χ1n) is 3.11.